The van der Waals surface area contributed by atoms with Crippen LogP contribution in [0.4, 0.5) is 5.82 Å². The molecule has 0 aliphatic heterocycles. The van der Waals surface area contributed by atoms with Gasteiger partial charge in [0.15, 0.2) is 0 Å². The van der Waals surface area contributed by atoms with Crippen LogP contribution in [0.25, 0.3) is 0 Å². The van der Waals surface area contributed by atoms with Crippen molar-refractivity contribution in [1.29, 1.82) is 0 Å². The molecule has 0 radical (unpaired) electrons. The highest BCUT2D eigenvalue weighted by atomic mass is 16.1. The summed E-state index contributed by atoms with van der Waals surface area (Å²) < 4.78 is 0. The van der Waals surface area contributed by atoms with Crippen molar-refractivity contribution in [2.75, 3.05) is 11.9 Å². The predicted octanol–water partition coefficient (Wildman–Crippen LogP) is 1.08. The highest BCUT2D eigenvalue weighted by molar-refractivity contribution is 5.33. The molecule has 0 unspecified atom stereocenters. The zero-order valence-electron chi connectivity index (χ0n) is 7.63. The van der Waals surface area contributed by atoms with Crippen molar-refractivity contribution in [2.24, 2.45) is 0 Å². The summed E-state index contributed by atoms with van der Waals surface area (Å²) in [6, 6.07) is 1.50. The maximum atomic E-state index is 11.2. The SMILES string of the molecule is CCNc1cc(=O)[nH]c(C2CC2)n1. The van der Waals surface area contributed by atoms with Crippen LogP contribution in [0.2, 0.25) is 0 Å². The highest BCUT2D eigenvalue weighted by Crippen LogP contribution is 2.37. The fraction of sp³-hybridized carbons (Fsp3) is 0.556. The number of hydrogen-bond acceptors (Lipinski definition) is 3. The van der Waals surface area contributed by atoms with Crippen LogP contribution in [-0.4, -0.2) is 16.5 Å². The summed E-state index contributed by atoms with van der Waals surface area (Å²) in [5.41, 5.74) is -0.0622. The molecule has 2 N–H and O–H groups in total. The maximum Gasteiger partial charge on any atom is 0.252 e. The number of rotatable bonds is 3. The van der Waals surface area contributed by atoms with Gasteiger partial charge in [-0.15, -0.1) is 0 Å². The third-order valence-corrected chi connectivity index (χ3v) is 2.08. The third kappa shape index (κ3) is 1.88. The monoisotopic (exact) mass is 179 g/mol. The minimum atomic E-state index is -0.0622. The van der Waals surface area contributed by atoms with Gasteiger partial charge in [0.25, 0.3) is 5.56 Å². The first kappa shape index (κ1) is 8.29. The fourth-order valence-corrected chi connectivity index (χ4v) is 1.30. The molecule has 1 aromatic heterocycles. The number of aromatic nitrogens is 2. The Morgan fingerprint density at radius 1 is 1.69 bits per heavy atom. The van der Waals surface area contributed by atoms with Crippen molar-refractivity contribution >= 4 is 5.82 Å². The normalized spacial score (nSPS) is 15.8. The summed E-state index contributed by atoms with van der Waals surface area (Å²) in [5, 5.41) is 3.04. The quantitative estimate of drug-likeness (QED) is 0.730. The molecule has 70 valence electrons. The van der Waals surface area contributed by atoms with Crippen molar-refractivity contribution in [3.05, 3.63) is 22.2 Å². The maximum absolute atomic E-state index is 11.2. The molecule has 4 nitrogen and oxygen atoms in total. The van der Waals surface area contributed by atoms with E-state index in [4.69, 9.17) is 0 Å². The molecule has 4 heteroatoms. The molecule has 2 rings (SSSR count). The lowest BCUT2D eigenvalue weighted by atomic mass is 10.4. The van der Waals surface area contributed by atoms with Gasteiger partial charge in [-0.1, -0.05) is 0 Å². The van der Waals surface area contributed by atoms with Crippen LogP contribution in [-0.2, 0) is 0 Å². The molecular formula is C9H13N3O. The van der Waals surface area contributed by atoms with E-state index in [9.17, 15) is 4.79 Å². The highest BCUT2D eigenvalue weighted by Gasteiger charge is 2.26. The van der Waals surface area contributed by atoms with Crippen LogP contribution in [0, 0.1) is 0 Å². The molecule has 1 heterocycles. The molecule has 0 aromatic carbocycles. The zero-order valence-corrected chi connectivity index (χ0v) is 7.63. The van der Waals surface area contributed by atoms with Crippen molar-refractivity contribution in [3.8, 4) is 0 Å². The molecule has 1 aliphatic rings. The summed E-state index contributed by atoms with van der Waals surface area (Å²) in [4.78, 5) is 18.3. The van der Waals surface area contributed by atoms with Crippen LogP contribution < -0.4 is 10.9 Å². The Bertz CT molecular complexity index is 354. The van der Waals surface area contributed by atoms with E-state index < -0.39 is 0 Å². The number of H-pyrrole nitrogens is 1. The van der Waals surface area contributed by atoms with Crippen LogP contribution >= 0.6 is 0 Å². The van der Waals surface area contributed by atoms with Gasteiger partial charge in [0.1, 0.15) is 11.6 Å². The number of aromatic amines is 1. The van der Waals surface area contributed by atoms with Crippen LogP contribution in [0.5, 0.6) is 0 Å². The number of nitrogens with one attached hydrogen (secondary N) is 2. The van der Waals surface area contributed by atoms with Gasteiger partial charge >= 0.3 is 0 Å². The Kier molecular flexibility index (Phi) is 2.04. The van der Waals surface area contributed by atoms with Crippen LogP contribution in [0.1, 0.15) is 31.5 Å². The van der Waals surface area contributed by atoms with E-state index >= 15 is 0 Å². The Morgan fingerprint density at radius 2 is 2.46 bits per heavy atom. The Labute approximate surface area is 76.4 Å². The lowest BCUT2D eigenvalue weighted by Crippen LogP contribution is -2.12. The lowest BCUT2D eigenvalue weighted by molar-refractivity contribution is 0.906. The molecule has 1 saturated carbocycles. The molecule has 1 aromatic rings. The van der Waals surface area contributed by atoms with Gasteiger partial charge in [-0.3, -0.25) is 4.79 Å². The number of hydrogen-bond donors (Lipinski definition) is 2. The van der Waals surface area contributed by atoms with Gasteiger partial charge in [0.05, 0.1) is 0 Å². The van der Waals surface area contributed by atoms with Crippen molar-refractivity contribution in [3.63, 3.8) is 0 Å². The van der Waals surface area contributed by atoms with E-state index in [-0.39, 0.29) is 5.56 Å². The first-order valence-corrected chi connectivity index (χ1v) is 4.64. The van der Waals surface area contributed by atoms with Gasteiger partial charge in [0.2, 0.25) is 0 Å². The first-order valence-electron chi connectivity index (χ1n) is 4.64. The second kappa shape index (κ2) is 3.20. The largest absolute Gasteiger partial charge is 0.370 e. The molecule has 13 heavy (non-hydrogen) atoms. The molecule has 1 aliphatic carbocycles. The molecule has 0 bridgehead atoms. The van der Waals surface area contributed by atoms with E-state index in [2.05, 4.69) is 15.3 Å². The Hall–Kier alpha value is -1.32. The van der Waals surface area contributed by atoms with E-state index in [1.165, 1.54) is 6.07 Å². The lowest BCUT2D eigenvalue weighted by Gasteiger charge is -2.03. The van der Waals surface area contributed by atoms with Crippen LogP contribution in [0.15, 0.2) is 10.9 Å². The minimum Gasteiger partial charge on any atom is -0.370 e. The zero-order chi connectivity index (χ0) is 9.26. The third-order valence-electron chi connectivity index (χ3n) is 2.08. The summed E-state index contributed by atoms with van der Waals surface area (Å²) in [5.74, 6) is 2.02. The van der Waals surface area contributed by atoms with Crippen molar-refractivity contribution in [2.45, 2.75) is 25.7 Å². The molecule has 0 atom stereocenters. The van der Waals surface area contributed by atoms with Gasteiger partial charge in [0, 0.05) is 18.5 Å². The van der Waals surface area contributed by atoms with E-state index in [1.807, 2.05) is 6.92 Å². The summed E-state index contributed by atoms with van der Waals surface area (Å²) >= 11 is 0. The van der Waals surface area contributed by atoms with Gasteiger partial charge < -0.3 is 10.3 Å². The van der Waals surface area contributed by atoms with Crippen LogP contribution in [0.3, 0.4) is 0 Å². The molecule has 0 saturated heterocycles. The van der Waals surface area contributed by atoms with Crippen molar-refractivity contribution in [1.82, 2.24) is 9.97 Å². The topological polar surface area (TPSA) is 57.8 Å². The summed E-state index contributed by atoms with van der Waals surface area (Å²) in [7, 11) is 0. The first-order chi connectivity index (χ1) is 6.29. The van der Waals surface area contributed by atoms with Gasteiger partial charge in [-0.05, 0) is 19.8 Å². The number of nitrogens with zero attached hydrogens (tertiary/aromatic N) is 1. The van der Waals surface area contributed by atoms with Crippen molar-refractivity contribution < 1.29 is 0 Å². The second-order valence-corrected chi connectivity index (χ2v) is 3.32. The molecule has 0 spiro atoms. The standard InChI is InChI=1S/C9H13N3O/c1-2-10-7-5-8(13)12-9(11-7)6-3-4-6/h5-6H,2-4H2,1H3,(H2,10,11,12,13). The second-order valence-electron chi connectivity index (χ2n) is 3.32. The minimum absolute atomic E-state index is 0.0622. The van der Waals surface area contributed by atoms with E-state index in [0.717, 1.165) is 25.2 Å². The summed E-state index contributed by atoms with van der Waals surface area (Å²) in [6.07, 6.45) is 2.30. The smallest absolute Gasteiger partial charge is 0.252 e. The van der Waals surface area contributed by atoms with E-state index in [0.29, 0.717) is 11.7 Å². The predicted molar refractivity (Wildman–Crippen MR) is 51.0 cm³/mol. The Morgan fingerprint density at radius 3 is 3.08 bits per heavy atom. The number of anilines is 1. The van der Waals surface area contributed by atoms with Gasteiger partial charge in [-0.25, -0.2) is 4.98 Å². The molecular weight excluding hydrogens is 166 g/mol. The average Bonchev–Trinajstić information content (AvgIpc) is 2.85. The Balaban J connectivity index is 2.30. The van der Waals surface area contributed by atoms with E-state index in [1.54, 1.807) is 0 Å². The summed E-state index contributed by atoms with van der Waals surface area (Å²) in [6.45, 7) is 2.78. The molecule has 1 fully saturated rings. The average molecular weight is 179 g/mol. The fourth-order valence-electron chi connectivity index (χ4n) is 1.30. The molecule has 0 amide bonds. The van der Waals surface area contributed by atoms with Gasteiger partial charge in [-0.2, -0.15) is 0 Å².